The van der Waals surface area contributed by atoms with Crippen molar-refractivity contribution in [1.29, 1.82) is 0 Å². The van der Waals surface area contributed by atoms with E-state index in [2.05, 4.69) is 0 Å². The van der Waals surface area contributed by atoms with Crippen LogP contribution < -0.4 is 0 Å². The molecule has 0 N–H and O–H groups in total. The minimum atomic E-state index is -5.59. The van der Waals surface area contributed by atoms with Crippen LogP contribution in [0, 0.1) is 0 Å². The van der Waals surface area contributed by atoms with Crippen molar-refractivity contribution in [2.75, 3.05) is 5.75 Å². The average molecular weight is 330 g/mol. The Balaban J connectivity index is 2.39. The minimum absolute atomic E-state index is 0.103. The fraction of sp³-hybridized carbons (Fsp3) is 0.462. The Morgan fingerprint density at radius 3 is 2.19 bits per heavy atom. The molecule has 0 spiro atoms. The fourth-order valence-corrected chi connectivity index (χ4v) is 2.27. The zero-order chi connectivity index (χ0) is 16.1. The lowest BCUT2D eigenvalue weighted by atomic mass is 10.1. The van der Waals surface area contributed by atoms with E-state index in [4.69, 9.17) is 0 Å². The number of alkyl halides is 6. The number of halogens is 6. The Labute approximate surface area is 121 Å². The van der Waals surface area contributed by atoms with Gasteiger partial charge in [-0.1, -0.05) is 42.1 Å². The summed E-state index contributed by atoms with van der Waals surface area (Å²) in [5.41, 5.74) is 0.368. The molecule has 0 aliphatic rings. The van der Waals surface area contributed by atoms with Crippen LogP contribution in [-0.4, -0.2) is 29.1 Å². The summed E-state index contributed by atoms with van der Waals surface area (Å²) in [5.74, 6) is -4.58. The number of carbonyl (C=O) groups is 1. The quantitative estimate of drug-likeness (QED) is 0.546. The molecule has 0 aromatic heterocycles. The van der Waals surface area contributed by atoms with Crippen LogP contribution in [0.4, 0.5) is 26.3 Å². The number of hydrogen-bond acceptors (Lipinski definition) is 2. The number of benzene rings is 1. The Kier molecular flexibility index (Phi) is 6.12. The molecule has 1 rings (SSSR count). The highest BCUT2D eigenvalue weighted by Crippen LogP contribution is 2.37. The lowest BCUT2D eigenvalue weighted by Crippen LogP contribution is -2.41. The van der Waals surface area contributed by atoms with Gasteiger partial charge in [0, 0.05) is 17.7 Å². The summed E-state index contributed by atoms with van der Waals surface area (Å²) in [6.45, 7) is 0. The van der Waals surface area contributed by atoms with Crippen LogP contribution in [0.2, 0.25) is 0 Å². The van der Waals surface area contributed by atoms with E-state index >= 15 is 0 Å². The lowest BCUT2D eigenvalue weighted by molar-refractivity contribution is -0.245. The minimum Gasteiger partial charge on any atom is -0.282 e. The van der Waals surface area contributed by atoms with Gasteiger partial charge in [-0.25, -0.2) is 13.2 Å². The largest absolute Gasteiger partial charge is 0.425 e. The third-order valence-electron chi connectivity index (χ3n) is 2.56. The molecule has 1 atom stereocenters. The Bertz CT molecular complexity index is 459. The van der Waals surface area contributed by atoms with Crippen molar-refractivity contribution in [3.63, 3.8) is 0 Å². The van der Waals surface area contributed by atoms with Crippen LogP contribution in [0.5, 0.6) is 0 Å². The number of rotatable bonds is 6. The SMILES string of the molecule is O=C(SCCCC(F)(F)C(F)C(F)(F)F)c1ccccc1. The molecule has 1 aromatic carbocycles. The van der Waals surface area contributed by atoms with Crippen molar-refractivity contribution < 1.29 is 31.1 Å². The number of hydrogen-bond donors (Lipinski definition) is 0. The van der Waals surface area contributed by atoms with E-state index in [1.165, 1.54) is 12.1 Å². The summed E-state index contributed by atoms with van der Waals surface area (Å²) in [4.78, 5) is 11.6. The third-order valence-corrected chi connectivity index (χ3v) is 3.55. The van der Waals surface area contributed by atoms with E-state index < -0.39 is 31.1 Å². The van der Waals surface area contributed by atoms with Crippen molar-refractivity contribution in [2.45, 2.75) is 31.1 Å². The fourth-order valence-electron chi connectivity index (χ4n) is 1.50. The molecule has 0 fully saturated rings. The van der Waals surface area contributed by atoms with E-state index in [1.807, 2.05) is 0 Å². The topological polar surface area (TPSA) is 17.1 Å². The highest BCUT2D eigenvalue weighted by atomic mass is 32.2. The van der Waals surface area contributed by atoms with Gasteiger partial charge in [0.25, 0.3) is 12.1 Å². The average Bonchev–Trinajstić information content (AvgIpc) is 2.42. The molecule has 1 unspecified atom stereocenters. The zero-order valence-electron chi connectivity index (χ0n) is 10.7. The second kappa shape index (κ2) is 7.20. The van der Waals surface area contributed by atoms with Gasteiger partial charge in [-0.15, -0.1) is 0 Å². The normalized spacial score (nSPS) is 14.0. The third kappa shape index (κ3) is 5.61. The predicted molar refractivity (Wildman–Crippen MR) is 68.4 cm³/mol. The molecule has 8 heteroatoms. The predicted octanol–water partition coefficient (Wildman–Crippen LogP) is 4.88. The molecule has 1 aromatic rings. The van der Waals surface area contributed by atoms with Gasteiger partial charge in [-0.3, -0.25) is 4.79 Å². The van der Waals surface area contributed by atoms with Gasteiger partial charge in [0.05, 0.1) is 0 Å². The second-order valence-corrected chi connectivity index (χ2v) is 5.34. The maximum Gasteiger partial charge on any atom is 0.425 e. The Morgan fingerprint density at radius 2 is 1.67 bits per heavy atom. The first-order valence-corrected chi connectivity index (χ1v) is 6.94. The maximum atomic E-state index is 13.0. The smallest absolute Gasteiger partial charge is 0.282 e. The number of thioether (sulfide) groups is 1. The zero-order valence-corrected chi connectivity index (χ0v) is 11.5. The van der Waals surface area contributed by atoms with E-state index in [-0.39, 0.29) is 10.9 Å². The second-order valence-electron chi connectivity index (χ2n) is 4.27. The Morgan fingerprint density at radius 1 is 1.10 bits per heavy atom. The molecular formula is C13H12F6OS. The molecule has 0 aliphatic heterocycles. The van der Waals surface area contributed by atoms with Gasteiger partial charge < -0.3 is 0 Å². The first kappa shape index (κ1) is 17.9. The Hall–Kier alpha value is -1.18. The van der Waals surface area contributed by atoms with Crippen LogP contribution in [0.3, 0.4) is 0 Å². The van der Waals surface area contributed by atoms with Gasteiger partial charge in [0.15, 0.2) is 0 Å². The summed E-state index contributed by atoms with van der Waals surface area (Å²) < 4.78 is 74.2. The van der Waals surface area contributed by atoms with E-state index in [0.29, 0.717) is 17.3 Å². The van der Waals surface area contributed by atoms with Gasteiger partial charge >= 0.3 is 6.18 Å². The first-order valence-electron chi connectivity index (χ1n) is 5.95. The summed E-state index contributed by atoms with van der Waals surface area (Å²) in [5, 5.41) is -0.369. The van der Waals surface area contributed by atoms with Crippen LogP contribution in [0.1, 0.15) is 23.2 Å². The molecule has 0 saturated heterocycles. The van der Waals surface area contributed by atoms with Crippen LogP contribution >= 0.6 is 11.8 Å². The van der Waals surface area contributed by atoms with Gasteiger partial charge in [-0.2, -0.15) is 13.2 Å². The highest BCUT2D eigenvalue weighted by Gasteiger charge is 2.56. The summed E-state index contributed by atoms with van der Waals surface area (Å²) >= 11 is 0.713. The maximum absolute atomic E-state index is 13.0. The van der Waals surface area contributed by atoms with Gasteiger partial charge in [0.2, 0.25) is 5.12 Å². The van der Waals surface area contributed by atoms with Crippen molar-refractivity contribution in [2.24, 2.45) is 0 Å². The van der Waals surface area contributed by atoms with Crippen LogP contribution in [0.25, 0.3) is 0 Å². The van der Waals surface area contributed by atoms with Crippen LogP contribution in [0.15, 0.2) is 30.3 Å². The highest BCUT2D eigenvalue weighted by molar-refractivity contribution is 8.14. The lowest BCUT2D eigenvalue weighted by Gasteiger charge is -2.22. The van der Waals surface area contributed by atoms with E-state index in [0.717, 1.165) is 0 Å². The van der Waals surface area contributed by atoms with E-state index in [9.17, 15) is 31.1 Å². The van der Waals surface area contributed by atoms with Crippen molar-refractivity contribution >= 4 is 16.9 Å². The molecule has 21 heavy (non-hydrogen) atoms. The molecule has 1 nitrogen and oxygen atoms in total. The molecule has 118 valence electrons. The molecule has 0 saturated carbocycles. The molecule has 0 amide bonds. The van der Waals surface area contributed by atoms with Crippen molar-refractivity contribution in [3.8, 4) is 0 Å². The first-order chi connectivity index (χ1) is 9.64. The monoisotopic (exact) mass is 330 g/mol. The molecular weight excluding hydrogens is 318 g/mol. The standard InChI is InChI=1S/C13H12F6OS/c14-11(13(17,18)19)12(15,16)7-4-8-21-10(20)9-5-2-1-3-6-9/h1-3,5-6,11H,4,7-8H2. The molecule has 0 bridgehead atoms. The van der Waals surface area contributed by atoms with E-state index in [1.54, 1.807) is 18.2 Å². The molecule has 0 aliphatic carbocycles. The summed E-state index contributed by atoms with van der Waals surface area (Å²) in [7, 11) is 0. The molecule has 0 heterocycles. The van der Waals surface area contributed by atoms with Crippen molar-refractivity contribution in [1.82, 2.24) is 0 Å². The summed E-state index contributed by atoms with van der Waals surface area (Å²) in [6, 6.07) is 8.01. The van der Waals surface area contributed by atoms with Gasteiger partial charge in [-0.05, 0) is 6.42 Å². The van der Waals surface area contributed by atoms with Gasteiger partial charge in [0.1, 0.15) is 0 Å². The number of carbonyl (C=O) groups excluding carboxylic acids is 1. The summed E-state index contributed by atoms with van der Waals surface area (Å²) in [6.07, 6.45) is -11.4. The molecule has 0 radical (unpaired) electrons. The van der Waals surface area contributed by atoms with Crippen molar-refractivity contribution in [3.05, 3.63) is 35.9 Å². The van der Waals surface area contributed by atoms with Crippen LogP contribution in [-0.2, 0) is 0 Å².